The number of anilines is 1. The minimum atomic E-state index is 0.245. The average molecular weight is 179 g/mol. The molecule has 2 unspecified atom stereocenters. The van der Waals surface area contributed by atoms with E-state index in [1.165, 1.54) is 12.1 Å². The Morgan fingerprint density at radius 3 is 3.00 bits per heavy atom. The highest BCUT2D eigenvalue weighted by Gasteiger charge is 2.61. The summed E-state index contributed by atoms with van der Waals surface area (Å²) in [5.74, 6) is 1.33. The van der Waals surface area contributed by atoms with Crippen LogP contribution in [0.4, 0.5) is 5.82 Å². The van der Waals surface area contributed by atoms with Gasteiger partial charge < -0.3 is 10.5 Å². The van der Waals surface area contributed by atoms with E-state index in [9.17, 15) is 0 Å². The largest absolute Gasteiger partial charge is 0.382 e. The molecule has 0 bridgehead atoms. The third kappa shape index (κ3) is 0.765. The molecule has 4 nitrogen and oxygen atoms in total. The maximum absolute atomic E-state index is 5.70. The summed E-state index contributed by atoms with van der Waals surface area (Å²) in [6, 6.07) is 0. The van der Waals surface area contributed by atoms with Crippen LogP contribution in [-0.4, -0.2) is 23.4 Å². The summed E-state index contributed by atoms with van der Waals surface area (Å²) in [7, 11) is 0. The topological polar surface area (TPSA) is 63.9 Å². The molecule has 70 valence electrons. The highest BCUT2D eigenvalue weighted by molar-refractivity contribution is 5.47. The molecule has 13 heavy (non-hydrogen) atoms. The van der Waals surface area contributed by atoms with Gasteiger partial charge in [-0.3, -0.25) is 5.10 Å². The molecule has 2 aliphatic rings. The first kappa shape index (κ1) is 7.38. The van der Waals surface area contributed by atoms with Gasteiger partial charge in [-0.25, -0.2) is 0 Å². The van der Waals surface area contributed by atoms with E-state index >= 15 is 0 Å². The number of ether oxygens (including phenoxy) is 1. The molecule has 3 rings (SSSR count). The van der Waals surface area contributed by atoms with Crippen LogP contribution < -0.4 is 5.73 Å². The van der Waals surface area contributed by atoms with Crippen molar-refractivity contribution in [2.24, 2.45) is 5.92 Å². The average Bonchev–Trinajstić information content (AvgIpc) is 2.49. The van der Waals surface area contributed by atoms with E-state index in [1.807, 2.05) is 6.92 Å². The Morgan fingerprint density at radius 1 is 1.69 bits per heavy atom. The van der Waals surface area contributed by atoms with E-state index in [1.54, 1.807) is 0 Å². The fraction of sp³-hybridized carbons (Fsp3) is 0.667. The van der Waals surface area contributed by atoms with Crippen LogP contribution >= 0.6 is 0 Å². The molecule has 3 N–H and O–H groups in total. The Hall–Kier alpha value is -1.03. The molecular formula is C9H13N3O. The molecular weight excluding hydrogens is 166 g/mol. The van der Waals surface area contributed by atoms with Crippen molar-refractivity contribution in [3.63, 3.8) is 0 Å². The van der Waals surface area contributed by atoms with Gasteiger partial charge in [0.1, 0.15) is 5.82 Å². The number of nitrogens with one attached hydrogen (secondary N) is 1. The summed E-state index contributed by atoms with van der Waals surface area (Å²) in [5, 5.41) is 7.07. The molecule has 1 aliphatic carbocycles. The zero-order chi connectivity index (χ0) is 9.05. The van der Waals surface area contributed by atoms with Crippen molar-refractivity contribution >= 4 is 5.82 Å². The Morgan fingerprint density at radius 2 is 2.54 bits per heavy atom. The molecule has 1 aliphatic heterocycles. The van der Waals surface area contributed by atoms with Crippen molar-refractivity contribution in [2.75, 3.05) is 18.9 Å². The molecule has 1 saturated heterocycles. The highest BCUT2D eigenvalue weighted by Crippen LogP contribution is 2.58. The van der Waals surface area contributed by atoms with Crippen LogP contribution in [0.3, 0.4) is 0 Å². The van der Waals surface area contributed by atoms with Crippen molar-refractivity contribution in [3.8, 4) is 0 Å². The fourth-order valence-corrected chi connectivity index (χ4v) is 2.43. The minimum absolute atomic E-state index is 0.245. The lowest BCUT2D eigenvalue weighted by molar-refractivity contribution is 0.159. The normalized spacial score (nSPS) is 36.2. The Balaban J connectivity index is 2.05. The molecule has 0 radical (unpaired) electrons. The number of nitrogens with zero attached hydrogens (tertiary/aromatic N) is 1. The maximum Gasteiger partial charge on any atom is 0.148 e. The number of hydrogen-bond donors (Lipinski definition) is 2. The van der Waals surface area contributed by atoms with Crippen LogP contribution in [0, 0.1) is 12.8 Å². The van der Waals surface area contributed by atoms with Crippen LogP contribution in [0.2, 0.25) is 0 Å². The summed E-state index contributed by atoms with van der Waals surface area (Å²) in [4.78, 5) is 0. The van der Waals surface area contributed by atoms with E-state index in [0.29, 0.717) is 11.7 Å². The van der Waals surface area contributed by atoms with Gasteiger partial charge >= 0.3 is 0 Å². The number of nitrogens with two attached hydrogens (primary N) is 1. The molecule has 4 heteroatoms. The van der Waals surface area contributed by atoms with Crippen LogP contribution in [-0.2, 0) is 10.2 Å². The molecule has 2 heterocycles. The van der Waals surface area contributed by atoms with E-state index in [4.69, 9.17) is 10.5 Å². The lowest BCUT2D eigenvalue weighted by Gasteiger charge is -2.08. The monoisotopic (exact) mass is 179 g/mol. The van der Waals surface area contributed by atoms with Gasteiger partial charge in [-0.05, 0) is 19.3 Å². The Bertz CT molecular complexity index is 360. The second kappa shape index (κ2) is 2.07. The predicted molar refractivity (Wildman–Crippen MR) is 48.3 cm³/mol. The minimum Gasteiger partial charge on any atom is -0.382 e. The SMILES string of the molecule is Cc1c(N)n[nH]c1C12COCC1C2. The zero-order valence-corrected chi connectivity index (χ0v) is 7.63. The number of fused-ring (bicyclic) bond motifs is 1. The van der Waals surface area contributed by atoms with Gasteiger partial charge in [0, 0.05) is 16.7 Å². The van der Waals surface area contributed by atoms with Gasteiger partial charge in [-0.1, -0.05) is 0 Å². The molecule has 2 atom stereocenters. The van der Waals surface area contributed by atoms with Gasteiger partial charge in [0.2, 0.25) is 0 Å². The summed E-state index contributed by atoms with van der Waals surface area (Å²) in [6.45, 7) is 3.76. The quantitative estimate of drug-likeness (QED) is 0.663. The number of aromatic amines is 1. The first-order valence-corrected chi connectivity index (χ1v) is 4.63. The van der Waals surface area contributed by atoms with Crippen LogP contribution in [0.25, 0.3) is 0 Å². The van der Waals surface area contributed by atoms with E-state index < -0.39 is 0 Å². The maximum atomic E-state index is 5.70. The van der Waals surface area contributed by atoms with Gasteiger partial charge in [0.25, 0.3) is 0 Å². The standard InChI is InChI=1S/C9H13N3O/c1-5-7(11-12-8(5)10)9-2-6(9)3-13-4-9/h6H,2-4H2,1H3,(H3,10,11,12). The summed E-state index contributed by atoms with van der Waals surface area (Å²) < 4.78 is 5.44. The summed E-state index contributed by atoms with van der Waals surface area (Å²) in [5.41, 5.74) is 8.25. The van der Waals surface area contributed by atoms with E-state index in [2.05, 4.69) is 10.2 Å². The number of H-pyrrole nitrogens is 1. The molecule has 0 spiro atoms. The van der Waals surface area contributed by atoms with Crippen LogP contribution in [0.1, 0.15) is 17.7 Å². The molecule has 1 aromatic heterocycles. The number of aromatic nitrogens is 2. The second-order valence-corrected chi connectivity index (χ2v) is 4.18. The van der Waals surface area contributed by atoms with E-state index in [0.717, 1.165) is 18.8 Å². The van der Waals surface area contributed by atoms with Gasteiger partial charge in [-0.2, -0.15) is 5.10 Å². The second-order valence-electron chi connectivity index (χ2n) is 4.18. The molecule has 1 aromatic rings. The first-order valence-electron chi connectivity index (χ1n) is 4.63. The first-order chi connectivity index (χ1) is 6.24. The van der Waals surface area contributed by atoms with Crippen LogP contribution in [0.15, 0.2) is 0 Å². The lowest BCUT2D eigenvalue weighted by Crippen LogP contribution is -2.13. The molecule has 2 fully saturated rings. The molecule has 0 aromatic carbocycles. The number of nitrogen functional groups attached to an aromatic ring is 1. The predicted octanol–water partition coefficient (Wildman–Crippen LogP) is 0.588. The fourth-order valence-electron chi connectivity index (χ4n) is 2.43. The lowest BCUT2D eigenvalue weighted by atomic mass is 9.99. The van der Waals surface area contributed by atoms with Gasteiger partial charge in [0.05, 0.1) is 13.2 Å². The third-order valence-corrected chi connectivity index (χ3v) is 3.46. The zero-order valence-electron chi connectivity index (χ0n) is 7.63. The molecule has 1 saturated carbocycles. The summed E-state index contributed by atoms with van der Waals surface area (Å²) >= 11 is 0. The van der Waals surface area contributed by atoms with Gasteiger partial charge in [0.15, 0.2) is 0 Å². The Kier molecular flexibility index (Phi) is 1.17. The van der Waals surface area contributed by atoms with E-state index in [-0.39, 0.29) is 5.41 Å². The van der Waals surface area contributed by atoms with Gasteiger partial charge in [-0.15, -0.1) is 0 Å². The smallest absolute Gasteiger partial charge is 0.148 e. The van der Waals surface area contributed by atoms with Crippen molar-refractivity contribution in [1.29, 1.82) is 0 Å². The number of rotatable bonds is 1. The summed E-state index contributed by atoms with van der Waals surface area (Å²) in [6.07, 6.45) is 1.23. The third-order valence-electron chi connectivity index (χ3n) is 3.46. The van der Waals surface area contributed by atoms with Crippen LogP contribution in [0.5, 0.6) is 0 Å². The van der Waals surface area contributed by atoms with Crippen molar-refractivity contribution in [1.82, 2.24) is 10.2 Å². The van der Waals surface area contributed by atoms with Crippen molar-refractivity contribution in [2.45, 2.75) is 18.8 Å². The Labute approximate surface area is 76.5 Å². The van der Waals surface area contributed by atoms with Crippen molar-refractivity contribution in [3.05, 3.63) is 11.3 Å². The van der Waals surface area contributed by atoms with Crippen molar-refractivity contribution < 1.29 is 4.74 Å². The molecule has 0 amide bonds. The number of hydrogen-bond acceptors (Lipinski definition) is 3. The highest BCUT2D eigenvalue weighted by atomic mass is 16.5.